The van der Waals surface area contributed by atoms with Crippen LogP contribution < -0.4 is 44.1 Å². The molecule has 8 heteroatoms. The summed E-state index contributed by atoms with van der Waals surface area (Å²) in [6, 6.07) is 11.6. The zero-order chi connectivity index (χ0) is 21.2. The predicted molar refractivity (Wildman–Crippen MR) is 103 cm³/mol. The van der Waals surface area contributed by atoms with Crippen molar-refractivity contribution in [1.29, 1.82) is 0 Å². The third-order valence-corrected chi connectivity index (χ3v) is 4.33. The maximum absolute atomic E-state index is 12.9. The van der Waals surface area contributed by atoms with E-state index in [0.29, 0.717) is 30.9 Å². The van der Waals surface area contributed by atoms with Gasteiger partial charge in [0.05, 0.1) is 18.8 Å². The van der Waals surface area contributed by atoms with Crippen LogP contribution in [0.1, 0.15) is 30.4 Å². The van der Waals surface area contributed by atoms with Gasteiger partial charge in [-0.25, -0.2) is 4.39 Å². The number of hydrogen-bond acceptors (Lipinski definition) is 6. The molecule has 0 aromatic heterocycles. The van der Waals surface area contributed by atoms with Crippen molar-refractivity contribution >= 4 is 5.97 Å². The number of para-hydroxylation sites is 1. The number of ether oxygens (including phenoxy) is 2. The van der Waals surface area contributed by atoms with Gasteiger partial charge in [0.15, 0.2) is 0 Å². The van der Waals surface area contributed by atoms with E-state index in [-0.39, 0.29) is 48.4 Å². The second-order valence-electron chi connectivity index (χ2n) is 6.90. The number of benzene rings is 2. The largest absolute Gasteiger partial charge is 1.00 e. The Kier molecular flexibility index (Phi) is 12.0. The maximum atomic E-state index is 12.9. The molecule has 0 aliphatic heterocycles. The number of hydrogen-bond donors (Lipinski definition) is 2. The Hall–Kier alpha value is -1.64. The summed E-state index contributed by atoms with van der Waals surface area (Å²) < 4.78 is 24.3. The minimum absolute atomic E-state index is 0. The Balaban J connectivity index is 0.00000450. The molecular weight excluding hydrogens is 402 g/mol. The number of halogens is 1. The summed E-state index contributed by atoms with van der Waals surface area (Å²) in [6.45, 7) is 2.29. The van der Waals surface area contributed by atoms with Crippen molar-refractivity contribution in [3.8, 4) is 11.5 Å². The molecule has 0 unspecified atom stereocenters. The first-order valence-electron chi connectivity index (χ1n) is 9.50. The Morgan fingerprint density at radius 2 is 1.80 bits per heavy atom. The van der Waals surface area contributed by atoms with Gasteiger partial charge in [-0.05, 0) is 55.2 Å². The van der Waals surface area contributed by atoms with E-state index in [9.17, 15) is 24.5 Å². The van der Waals surface area contributed by atoms with E-state index in [4.69, 9.17) is 9.47 Å². The van der Waals surface area contributed by atoms with Crippen molar-refractivity contribution in [3.63, 3.8) is 0 Å². The number of carboxylic acid groups (broad SMARTS) is 1. The van der Waals surface area contributed by atoms with E-state index < -0.39 is 24.6 Å². The quantitative estimate of drug-likeness (QED) is 0.325. The van der Waals surface area contributed by atoms with Crippen LogP contribution in [-0.4, -0.2) is 41.6 Å². The summed E-state index contributed by atoms with van der Waals surface area (Å²) in [5, 5.41) is 30.0. The van der Waals surface area contributed by atoms with Crippen LogP contribution in [0, 0.1) is 12.7 Å². The van der Waals surface area contributed by atoms with Crippen LogP contribution >= 0.6 is 0 Å². The van der Waals surface area contributed by atoms with E-state index in [1.54, 1.807) is 12.1 Å². The summed E-state index contributed by atoms with van der Waals surface area (Å²) in [5.41, 5.74) is 1.86. The molecule has 2 aromatic carbocycles. The van der Waals surface area contributed by atoms with E-state index in [1.807, 2.05) is 25.1 Å². The number of rotatable bonds is 12. The number of carbonyl (C=O) groups is 1. The fourth-order valence-corrected chi connectivity index (χ4v) is 2.94. The van der Waals surface area contributed by atoms with Crippen molar-refractivity contribution < 1.29 is 63.5 Å². The summed E-state index contributed by atoms with van der Waals surface area (Å²) in [7, 11) is 0. The molecule has 6 nitrogen and oxygen atoms in total. The Labute approximate surface area is 197 Å². The number of aliphatic hydroxyl groups excluding tert-OH is 2. The maximum Gasteiger partial charge on any atom is 1.00 e. The van der Waals surface area contributed by atoms with E-state index >= 15 is 0 Å². The second kappa shape index (κ2) is 13.6. The van der Waals surface area contributed by atoms with Crippen molar-refractivity contribution in [1.82, 2.24) is 0 Å². The first kappa shape index (κ1) is 26.4. The van der Waals surface area contributed by atoms with Crippen LogP contribution in [0.5, 0.6) is 11.5 Å². The number of carboxylic acids is 1. The first-order valence-corrected chi connectivity index (χ1v) is 9.50. The fraction of sp³-hybridized carbons (Fsp3) is 0.409. The molecule has 2 atom stereocenters. The van der Waals surface area contributed by atoms with Crippen molar-refractivity contribution in [3.05, 3.63) is 59.4 Å². The van der Waals surface area contributed by atoms with Crippen molar-refractivity contribution in [2.45, 2.75) is 44.8 Å². The van der Waals surface area contributed by atoms with E-state index in [1.165, 1.54) is 12.1 Å². The molecule has 2 rings (SSSR count). The van der Waals surface area contributed by atoms with Crippen LogP contribution in [-0.2, 0) is 11.2 Å². The van der Waals surface area contributed by atoms with Crippen molar-refractivity contribution in [2.75, 3.05) is 13.2 Å². The summed E-state index contributed by atoms with van der Waals surface area (Å²) in [6.07, 6.45) is -1.43. The molecule has 0 saturated heterocycles. The van der Waals surface area contributed by atoms with Crippen LogP contribution in [0.25, 0.3) is 0 Å². The van der Waals surface area contributed by atoms with Gasteiger partial charge in [-0.3, -0.25) is 0 Å². The van der Waals surface area contributed by atoms with Gasteiger partial charge in [0.2, 0.25) is 0 Å². The molecule has 0 amide bonds. The normalized spacial score (nSPS) is 12.5. The molecule has 0 aliphatic carbocycles. The van der Waals surface area contributed by atoms with Crippen LogP contribution in [0.3, 0.4) is 0 Å². The third kappa shape index (κ3) is 9.45. The number of carbonyl (C=O) groups excluding carboxylic acids is 1. The molecule has 0 saturated carbocycles. The number of aliphatic hydroxyl groups is 2. The van der Waals surface area contributed by atoms with E-state index in [0.717, 1.165) is 11.1 Å². The number of aliphatic carboxylic acids is 1. The Morgan fingerprint density at radius 3 is 2.47 bits per heavy atom. The molecule has 0 heterocycles. The molecule has 0 radical (unpaired) electrons. The molecule has 2 N–H and O–H groups in total. The second-order valence-corrected chi connectivity index (χ2v) is 6.90. The van der Waals surface area contributed by atoms with Crippen LogP contribution in [0.2, 0.25) is 0 Å². The fourth-order valence-electron chi connectivity index (χ4n) is 2.94. The van der Waals surface area contributed by atoms with Gasteiger partial charge in [-0.2, -0.15) is 0 Å². The monoisotopic (exact) mass is 428 g/mol. The smallest absolute Gasteiger partial charge is 0.550 e. The average molecular weight is 428 g/mol. The van der Waals surface area contributed by atoms with Gasteiger partial charge >= 0.3 is 29.6 Å². The minimum atomic E-state index is -1.37. The van der Waals surface area contributed by atoms with Gasteiger partial charge in [0.1, 0.15) is 23.9 Å². The topological polar surface area (TPSA) is 99.1 Å². The van der Waals surface area contributed by atoms with Crippen LogP contribution in [0.15, 0.2) is 42.5 Å². The summed E-state index contributed by atoms with van der Waals surface area (Å²) in [5.74, 6) is -0.420. The molecule has 30 heavy (non-hydrogen) atoms. The Morgan fingerprint density at radius 1 is 1.10 bits per heavy atom. The van der Waals surface area contributed by atoms with Gasteiger partial charge in [0, 0.05) is 18.8 Å². The zero-order valence-corrected chi connectivity index (χ0v) is 19.3. The average Bonchev–Trinajstić information content (AvgIpc) is 2.65. The molecule has 158 valence electrons. The Bertz CT molecular complexity index is 784. The molecule has 0 bridgehead atoms. The van der Waals surface area contributed by atoms with Gasteiger partial charge in [0.25, 0.3) is 0 Å². The minimum Gasteiger partial charge on any atom is -0.550 e. The van der Waals surface area contributed by atoms with E-state index in [2.05, 4.69) is 0 Å². The summed E-state index contributed by atoms with van der Waals surface area (Å²) in [4.78, 5) is 10.5. The molecule has 0 aliphatic rings. The standard InChI is InChI=1S/C22H27FO6.Na/c1-15-4-2-5-16(6-3-11-28-20-9-7-17(23)8-10-20)22(15)29-14-19(25)12-18(24)13-21(26)27;/h2,4-5,7-10,18-19,24-25H,3,6,11-14H2,1H3,(H,26,27);/q;+1/p-1/t18-,19+;/m1./s1. The molecule has 0 fully saturated rings. The SMILES string of the molecule is Cc1cccc(CCCOc2ccc(F)cc2)c1OC[C@@H](O)C[C@@H](O)CC(=O)[O-].[Na+]. The van der Waals surface area contributed by atoms with Crippen molar-refractivity contribution in [2.24, 2.45) is 0 Å². The predicted octanol–water partition coefficient (Wildman–Crippen LogP) is -1.22. The van der Waals surface area contributed by atoms with Gasteiger partial charge in [-0.15, -0.1) is 0 Å². The zero-order valence-electron chi connectivity index (χ0n) is 17.3. The van der Waals surface area contributed by atoms with Gasteiger partial charge < -0.3 is 29.6 Å². The molecular formula is C22H26FNaO6. The number of aryl methyl sites for hydroxylation is 2. The third-order valence-electron chi connectivity index (χ3n) is 4.33. The molecule has 0 spiro atoms. The van der Waals surface area contributed by atoms with Crippen LogP contribution in [0.4, 0.5) is 4.39 Å². The van der Waals surface area contributed by atoms with Gasteiger partial charge in [-0.1, -0.05) is 18.2 Å². The first-order chi connectivity index (χ1) is 13.8. The summed E-state index contributed by atoms with van der Waals surface area (Å²) >= 11 is 0. The molecule has 2 aromatic rings.